The summed E-state index contributed by atoms with van der Waals surface area (Å²) >= 11 is 3.47. The molecule has 2 aromatic carbocycles. The molecule has 1 amide bonds. The van der Waals surface area contributed by atoms with Gasteiger partial charge in [-0.25, -0.2) is 0 Å². The summed E-state index contributed by atoms with van der Waals surface area (Å²) in [5.74, 6) is 1.33. The maximum Gasteiger partial charge on any atom is 0.228 e. The fraction of sp³-hybridized carbons (Fsp3) is 0.278. The molecule has 0 spiro atoms. The first-order valence-electron chi connectivity index (χ1n) is 7.29. The van der Waals surface area contributed by atoms with Gasteiger partial charge in [0.05, 0.1) is 7.11 Å². The normalized spacial score (nSPS) is 19.6. The molecule has 1 saturated carbocycles. The van der Waals surface area contributed by atoms with Crippen molar-refractivity contribution < 1.29 is 9.53 Å². The topological polar surface area (TPSA) is 38.3 Å². The van der Waals surface area contributed by atoms with Crippen LogP contribution in [-0.2, 0) is 4.79 Å². The van der Waals surface area contributed by atoms with Crippen LogP contribution in [0.4, 0.5) is 5.69 Å². The molecule has 2 aromatic rings. The van der Waals surface area contributed by atoms with E-state index in [1.165, 1.54) is 5.56 Å². The smallest absolute Gasteiger partial charge is 0.228 e. The minimum Gasteiger partial charge on any atom is -0.497 e. The second-order valence-electron chi connectivity index (χ2n) is 5.68. The van der Waals surface area contributed by atoms with Crippen LogP contribution in [0.3, 0.4) is 0 Å². The fourth-order valence-corrected chi connectivity index (χ4v) is 2.91. The maximum absolute atomic E-state index is 12.3. The first-order chi connectivity index (χ1) is 10.6. The molecule has 3 rings (SSSR count). The SMILES string of the molecule is COc1ccc(C2CC2C(=O)Nc2ccc(Br)c(C)c2)cc1. The maximum atomic E-state index is 12.3. The quantitative estimate of drug-likeness (QED) is 0.871. The Balaban J connectivity index is 1.63. The van der Waals surface area contributed by atoms with E-state index in [0.29, 0.717) is 5.92 Å². The van der Waals surface area contributed by atoms with E-state index in [0.717, 1.165) is 27.9 Å². The molecule has 1 aliphatic carbocycles. The standard InChI is InChI=1S/C18H18BrNO2/c1-11-9-13(5-8-17(11)19)20-18(21)16-10-15(16)12-3-6-14(22-2)7-4-12/h3-9,15-16H,10H2,1-2H3,(H,20,21). The molecule has 2 atom stereocenters. The summed E-state index contributed by atoms with van der Waals surface area (Å²) in [6, 6.07) is 13.8. The highest BCUT2D eigenvalue weighted by molar-refractivity contribution is 9.10. The van der Waals surface area contributed by atoms with Gasteiger partial charge < -0.3 is 10.1 Å². The van der Waals surface area contributed by atoms with E-state index in [2.05, 4.69) is 21.2 Å². The molecule has 3 nitrogen and oxygen atoms in total. The van der Waals surface area contributed by atoms with Gasteiger partial charge in [0, 0.05) is 16.1 Å². The molecule has 1 fully saturated rings. The molecular weight excluding hydrogens is 342 g/mol. The van der Waals surface area contributed by atoms with Crippen LogP contribution in [0.15, 0.2) is 46.9 Å². The number of hydrogen-bond donors (Lipinski definition) is 1. The van der Waals surface area contributed by atoms with Crippen molar-refractivity contribution in [3.05, 3.63) is 58.1 Å². The van der Waals surface area contributed by atoms with E-state index in [4.69, 9.17) is 4.74 Å². The van der Waals surface area contributed by atoms with Gasteiger partial charge in [-0.3, -0.25) is 4.79 Å². The number of rotatable bonds is 4. The molecule has 4 heteroatoms. The van der Waals surface area contributed by atoms with E-state index < -0.39 is 0 Å². The van der Waals surface area contributed by atoms with Crippen LogP contribution >= 0.6 is 15.9 Å². The van der Waals surface area contributed by atoms with Gasteiger partial charge in [-0.1, -0.05) is 28.1 Å². The third-order valence-electron chi connectivity index (χ3n) is 4.10. The molecule has 0 bridgehead atoms. The molecule has 2 unspecified atom stereocenters. The number of halogens is 1. The number of anilines is 1. The molecule has 114 valence electrons. The van der Waals surface area contributed by atoms with E-state index >= 15 is 0 Å². The minimum absolute atomic E-state index is 0.0670. The molecular formula is C18H18BrNO2. The first kappa shape index (κ1) is 15.1. The second kappa shape index (κ2) is 6.13. The number of aryl methyl sites for hydroxylation is 1. The number of hydrogen-bond acceptors (Lipinski definition) is 2. The summed E-state index contributed by atoms with van der Waals surface area (Å²) < 4.78 is 6.21. The summed E-state index contributed by atoms with van der Waals surface area (Å²) in [6.45, 7) is 2.01. The average Bonchev–Trinajstić information content (AvgIpc) is 3.32. The highest BCUT2D eigenvalue weighted by atomic mass is 79.9. The predicted octanol–water partition coefficient (Wildman–Crippen LogP) is 4.51. The van der Waals surface area contributed by atoms with Crippen molar-refractivity contribution in [3.8, 4) is 5.75 Å². The molecule has 0 radical (unpaired) electrons. The Bertz CT molecular complexity index is 697. The average molecular weight is 360 g/mol. The summed E-state index contributed by atoms with van der Waals surface area (Å²) in [5.41, 5.74) is 3.17. The van der Waals surface area contributed by atoms with Crippen LogP contribution in [0, 0.1) is 12.8 Å². The Labute approximate surface area is 138 Å². The zero-order chi connectivity index (χ0) is 15.7. The van der Waals surface area contributed by atoms with Crippen LogP contribution in [0.2, 0.25) is 0 Å². The molecule has 0 saturated heterocycles. The van der Waals surface area contributed by atoms with Gasteiger partial charge in [-0.05, 0) is 60.7 Å². The Kier molecular flexibility index (Phi) is 4.21. The molecule has 0 aliphatic heterocycles. The highest BCUT2D eigenvalue weighted by Gasteiger charge is 2.43. The molecule has 1 aliphatic rings. The minimum atomic E-state index is 0.0670. The third kappa shape index (κ3) is 3.17. The Morgan fingerprint density at radius 2 is 1.95 bits per heavy atom. The van der Waals surface area contributed by atoms with Crippen LogP contribution < -0.4 is 10.1 Å². The van der Waals surface area contributed by atoms with Gasteiger partial charge in [0.1, 0.15) is 5.75 Å². The Morgan fingerprint density at radius 3 is 2.59 bits per heavy atom. The Morgan fingerprint density at radius 1 is 1.23 bits per heavy atom. The Hall–Kier alpha value is -1.81. The fourth-order valence-electron chi connectivity index (χ4n) is 2.66. The van der Waals surface area contributed by atoms with Crippen LogP contribution in [0.25, 0.3) is 0 Å². The van der Waals surface area contributed by atoms with Crippen LogP contribution in [0.5, 0.6) is 5.75 Å². The monoisotopic (exact) mass is 359 g/mol. The van der Waals surface area contributed by atoms with Gasteiger partial charge in [-0.2, -0.15) is 0 Å². The lowest BCUT2D eigenvalue weighted by atomic mass is 10.1. The lowest BCUT2D eigenvalue weighted by molar-refractivity contribution is -0.117. The van der Waals surface area contributed by atoms with E-state index in [1.54, 1.807) is 7.11 Å². The highest BCUT2D eigenvalue weighted by Crippen LogP contribution is 2.48. The molecule has 0 aromatic heterocycles. The number of methoxy groups -OCH3 is 1. The molecule has 0 heterocycles. The van der Waals surface area contributed by atoms with Crippen LogP contribution in [-0.4, -0.2) is 13.0 Å². The summed E-state index contributed by atoms with van der Waals surface area (Å²) in [4.78, 5) is 12.3. The predicted molar refractivity (Wildman–Crippen MR) is 91.4 cm³/mol. The van der Waals surface area contributed by atoms with E-state index in [9.17, 15) is 4.79 Å². The van der Waals surface area contributed by atoms with Gasteiger partial charge in [-0.15, -0.1) is 0 Å². The number of ether oxygens (including phenoxy) is 1. The number of carbonyl (C=O) groups excluding carboxylic acids is 1. The van der Waals surface area contributed by atoms with Crippen molar-refractivity contribution in [2.24, 2.45) is 5.92 Å². The molecule has 22 heavy (non-hydrogen) atoms. The van der Waals surface area contributed by atoms with Gasteiger partial charge in [0.15, 0.2) is 0 Å². The van der Waals surface area contributed by atoms with Gasteiger partial charge in [0.2, 0.25) is 5.91 Å². The van der Waals surface area contributed by atoms with Crippen molar-refractivity contribution in [1.29, 1.82) is 0 Å². The lowest BCUT2D eigenvalue weighted by Crippen LogP contribution is -2.14. The molecule has 1 N–H and O–H groups in total. The second-order valence-corrected chi connectivity index (χ2v) is 6.53. The number of benzene rings is 2. The zero-order valence-corrected chi connectivity index (χ0v) is 14.2. The van der Waals surface area contributed by atoms with Crippen molar-refractivity contribution in [2.45, 2.75) is 19.3 Å². The van der Waals surface area contributed by atoms with Gasteiger partial charge in [0.25, 0.3) is 0 Å². The number of carbonyl (C=O) groups is 1. The largest absolute Gasteiger partial charge is 0.497 e. The first-order valence-corrected chi connectivity index (χ1v) is 8.09. The number of nitrogens with one attached hydrogen (secondary N) is 1. The van der Waals surface area contributed by atoms with Crippen molar-refractivity contribution >= 4 is 27.5 Å². The number of amides is 1. The third-order valence-corrected chi connectivity index (χ3v) is 4.99. The zero-order valence-electron chi connectivity index (χ0n) is 12.6. The van der Waals surface area contributed by atoms with E-state index in [-0.39, 0.29) is 11.8 Å². The van der Waals surface area contributed by atoms with Crippen molar-refractivity contribution in [2.75, 3.05) is 12.4 Å². The van der Waals surface area contributed by atoms with E-state index in [1.807, 2.05) is 49.4 Å². The summed E-state index contributed by atoms with van der Waals surface area (Å²) in [5, 5.41) is 3.01. The van der Waals surface area contributed by atoms with Gasteiger partial charge >= 0.3 is 0 Å². The summed E-state index contributed by atoms with van der Waals surface area (Å²) in [6.07, 6.45) is 0.910. The summed E-state index contributed by atoms with van der Waals surface area (Å²) in [7, 11) is 1.66. The van der Waals surface area contributed by atoms with Crippen molar-refractivity contribution in [1.82, 2.24) is 0 Å². The van der Waals surface area contributed by atoms with Crippen molar-refractivity contribution in [3.63, 3.8) is 0 Å². The van der Waals surface area contributed by atoms with Crippen LogP contribution in [0.1, 0.15) is 23.5 Å². The lowest BCUT2D eigenvalue weighted by Gasteiger charge is -2.07.